The van der Waals surface area contributed by atoms with Crippen LogP contribution < -0.4 is 11.1 Å². The van der Waals surface area contributed by atoms with Crippen molar-refractivity contribution in [3.63, 3.8) is 0 Å². The van der Waals surface area contributed by atoms with Gasteiger partial charge < -0.3 is 16.2 Å². The standard InChI is InChI=1S/C11H13BrN2O3/c1-6(11(16)17)5-14-9-3-2-7(10(13)15)4-8(9)12/h2-4,6,14H,5H2,1H3,(H2,13,15)(H,16,17). The van der Waals surface area contributed by atoms with Crippen molar-refractivity contribution in [3.8, 4) is 0 Å². The number of aliphatic carboxylic acids is 1. The Morgan fingerprint density at radius 2 is 2.18 bits per heavy atom. The van der Waals surface area contributed by atoms with Crippen LogP contribution in [0, 0.1) is 5.92 Å². The maximum atomic E-state index is 10.9. The summed E-state index contributed by atoms with van der Waals surface area (Å²) < 4.78 is 0.673. The van der Waals surface area contributed by atoms with E-state index in [-0.39, 0.29) is 0 Å². The predicted octanol–water partition coefficient (Wildman–Crippen LogP) is 1.68. The number of anilines is 1. The third-order valence-corrected chi connectivity index (χ3v) is 2.93. The van der Waals surface area contributed by atoms with Crippen LogP contribution in [0.15, 0.2) is 22.7 Å². The summed E-state index contributed by atoms with van der Waals surface area (Å²) in [5.41, 5.74) is 6.26. The van der Waals surface area contributed by atoms with Crippen LogP contribution in [0.1, 0.15) is 17.3 Å². The highest BCUT2D eigenvalue weighted by molar-refractivity contribution is 9.10. The molecular weight excluding hydrogens is 288 g/mol. The quantitative estimate of drug-likeness (QED) is 0.771. The average Bonchev–Trinajstić information content (AvgIpc) is 2.26. The zero-order valence-electron chi connectivity index (χ0n) is 9.24. The van der Waals surface area contributed by atoms with Crippen LogP contribution in [-0.2, 0) is 4.79 Å². The van der Waals surface area contributed by atoms with Crippen LogP contribution in [0.2, 0.25) is 0 Å². The number of hydrogen-bond acceptors (Lipinski definition) is 3. The fraction of sp³-hybridized carbons (Fsp3) is 0.273. The van der Waals surface area contributed by atoms with E-state index in [4.69, 9.17) is 10.8 Å². The molecule has 0 aliphatic heterocycles. The van der Waals surface area contributed by atoms with Gasteiger partial charge in [0, 0.05) is 22.3 Å². The summed E-state index contributed by atoms with van der Waals surface area (Å²) >= 11 is 3.28. The van der Waals surface area contributed by atoms with Crippen molar-refractivity contribution in [1.29, 1.82) is 0 Å². The van der Waals surface area contributed by atoms with Gasteiger partial charge in [0.05, 0.1) is 5.92 Å². The number of nitrogens with one attached hydrogen (secondary N) is 1. The molecule has 5 nitrogen and oxygen atoms in total. The lowest BCUT2D eigenvalue weighted by atomic mass is 10.1. The number of carboxylic acid groups (broad SMARTS) is 1. The number of benzene rings is 1. The molecule has 0 fully saturated rings. The molecule has 0 bridgehead atoms. The van der Waals surface area contributed by atoms with E-state index >= 15 is 0 Å². The molecule has 1 amide bonds. The Labute approximate surface area is 107 Å². The number of rotatable bonds is 5. The fourth-order valence-electron chi connectivity index (χ4n) is 1.16. The van der Waals surface area contributed by atoms with Gasteiger partial charge in [-0.2, -0.15) is 0 Å². The predicted molar refractivity (Wildman–Crippen MR) is 67.9 cm³/mol. The minimum Gasteiger partial charge on any atom is -0.481 e. The number of primary amides is 1. The van der Waals surface area contributed by atoms with Gasteiger partial charge in [0.25, 0.3) is 0 Å². The van der Waals surface area contributed by atoms with Crippen LogP contribution in [0.3, 0.4) is 0 Å². The third-order valence-electron chi connectivity index (χ3n) is 2.27. The largest absolute Gasteiger partial charge is 0.481 e. The summed E-state index contributed by atoms with van der Waals surface area (Å²) in [4.78, 5) is 21.6. The van der Waals surface area contributed by atoms with E-state index in [9.17, 15) is 9.59 Å². The Morgan fingerprint density at radius 1 is 1.53 bits per heavy atom. The van der Waals surface area contributed by atoms with E-state index in [0.717, 1.165) is 5.69 Å². The van der Waals surface area contributed by atoms with Crippen molar-refractivity contribution < 1.29 is 14.7 Å². The van der Waals surface area contributed by atoms with Gasteiger partial charge in [-0.3, -0.25) is 9.59 Å². The van der Waals surface area contributed by atoms with Gasteiger partial charge in [-0.1, -0.05) is 6.92 Å². The maximum Gasteiger partial charge on any atom is 0.308 e. The van der Waals surface area contributed by atoms with E-state index in [1.54, 1.807) is 25.1 Å². The Bertz CT molecular complexity index is 448. The highest BCUT2D eigenvalue weighted by Crippen LogP contribution is 2.23. The number of amides is 1. The minimum absolute atomic E-state index is 0.309. The Morgan fingerprint density at radius 3 is 2.65 bits per heavy atom. The van der Waals surface area contributed by atoms with Gasteiger partial charge in [0.1, 0.15) is 0 Å². The first-order chi connectivity index (χ1) is 7.91. The molecule has 92 valence electrons. The average molecular weight is 301 g/mol. The minimum atomic E-state index is -0.859. The monoisotopic (exact) mass is 300 g/mol. The summed E-state index contributed by atoms with van der Waals surface area (Å²) in [6.45, 7) is 1.92. The van der Waals surface area contributed by atoms with E-state index in [0.29, 0.717) is 16.6 Å². The number of carbonyl (C=O) groups excluding carboxylic acids is 1. The zero-order valence-corrected chi connectivity index (χ0v) is 10.8. The van der Waals surface area contributed by atoms with Gasteiger partial charge in [0.15, 0.2) is 0 Å². The van der Waals surface area contributed by atoms with Crippen molar-refractivity contribution >= 4 is 33.5 Å². The van der Waals surface area contributed by atoms with E-state index < -0.39 is 17.8 Å². The van der Waals surface area contributed by atoms with Crippen molar-refractivity contribution in [2.45, 2.75) is 6.92 Å². The van der Waals surface area contributed by atoms with Crippen molar-refractivity contribution in [1.82, 2.24) is 0 Å². The van der Waals surface area contributed by atoms with E-state index in [2.05, 4.69) is 21.2 Å². The molecule has 0 heterocycles. The second kappa shape index (κ2) is 5.67. The highest BCUT2D eigenvalue weighted by atomic mass is 79.9. The Kier molecular flexibility index (Phi) is 4.51. The second-order valence-electron chi connectivity index (χ2n) is 3.68. The van der Waals surface area contributed by atoms with E-state index in [1.807, 2.05) is 0 Å². The molecule has 4 N–H and O–H groups in total. The van der Waals surface area contributed by atoms with Crippen LogP contribution in [0.5, 0.6) is 0 Å². The number of hydrogen-bond donors (Lipinski definition) is 3. The molecule has 17 heavy (non-hydrogen) atoms. The zero-order chi connectivity index (χ0) is 13.0. The molecule has 0 aliphatic carbocycles. The third kappa shape index (κ3) is 3.74. The molecule has 1 atom stereocenters. The summed E-state index contributed by atoms with van der Waals surface area (Å²) in [6.07, 6.45) is 0. The lowest BCUT2D eigenvalue weighted by Gasteiger charge is -2.11. The summed E-state index contributed by atoms with van der Waals surface area (Å²) in [6, 6.07) is 4.86. The van der Waals surface area contributed by atoms with Gasteiger partial charge in [-0.15, -0.1) is 0 Å². The van der Waals surface area contributed by atoms with E-state index in [1.165, 1.54) is 0 Å². The molecule has 6 heteroatoms. The molecule has 1 aromatic rings. The van der Waals surface area contributed by atoms with Gasteiger partial charge >= 0.3 is 5.97 Å². The molecule has 0 aliphatic rings. The lowest BCUT2D eigenvalue weighted by Crippen LogP contribution is -2.20. The summed E-state index contributed by atoms with van der Waals surface area (Å²) in [5, 5.41) is 11.7. The van der Waals surface area contributed by atoms with Crippen LogP contribution >= 0.6 is 15.9 Å². The number of carbonyl (C=O) groups is 2. The van der Waals surface area contributed by atoms with Gasteiger partial charge in [-0.05, 0) is 34.1 Å². The summed E-state index contributed by atoms with van der Waals surface area (Å²) in [5.74, 6) is -1.85. The number of halogens is 1. The molecule has 0 aromatic heterocycles. The van der Waals surface area contributed by atoms with Crippen LogP contribution in [0.25, 0.3) is 0 Å². The first-order valence-corrected chi connectivity index (χ1v) is 5.77. The first kappa shape index (κ1) is 13.5. The molecule has 0 saturated heterocycles. The summed E-state index contributed by atoms with van der Waals surface area (Å²) in [7, 11) is 0. The Hall–Kier alpha value is -1.56. The van der Waals surface area contributed by atoms with Crippen molar-refractivity contribution in [2.24, 2.45) is 11.7 Å². The Balaban J connectivity index is 2.73. The van der Waals surface area contributed by atoms with Crippen LogP contribution in [-0.4, -0.2) is 23.5 Å². The molecule has 1 rings (SSSR count). The maximum absolute atomic E-state index is 10.9. The van der Waals surface area contributed by atoms with Crippen molar-refractivity contribution in [3.05, 3.63) is 28.2 Å². The number of nitrogens with two attached hydrogens (primary N) is 1. The topological polar surface area (TPSA) is 92.4 Å². The number of carboxylic acids is 1. The molecule has 0 saturated carbocycles. The van der Waals surface area contributed by atoms with Crippen molar-refractivity contribution in [2.75, 3.05) is 11.9 Å². The van der Waals surface area contributed by atoms with Crippen LogP contribution in [0.4, 0.5) is 5.69 Å². The first-order valence-electron chi connectivity index (χ1n) is 4.98. The highest BCUT2D eigenvalue weighted by Gasteiger charge is 2.11. The SMILES string of the molecule is CC(CNc1ccc(C(N)=O)cc1Br)C(=O)O. The normalized spacial score (nSPS) is 11.9. The molecule has 1 unspecified atom stereocenters. The van der Waals surface area contributed by atoms with Gasteiger partial charge in [-0.25, -0.2) is 0 Å². The van der Waals surface area contributed by atoms with Gasteiger partial charge in [0.2, 0.25) is 5.91 Å². The molecule has 0 spiro atoms. The lowest BCUT2D eigenvalue weighted by molar-refractivity contribution is -0.140. The molecule has 1 aromatic carbocycles. The fourth-order valence-corrected chi connectivity index (χ4v) is 1.68. The smallest absolute Gasteiger partial charge is 0.308 e. The molecular formula is C11H13BrN2O3. The molecule has 0 radical (unpaired) electrons. The second-order valence-corrected chi connectivity index (χ2v) is 4.53.